The van der Waals surface area contributed by atoms with Gasteiger partial charge in [0.15, 0.2) is 0 Å². The average molecular weight is 360 g/mol. The van der Waals surface area contributed by atoms with Crippen LogP contribution in [0.3, 0.4) is 0 Å². The summed E-state index contributed by atoms with van der Waals surface area (Å²) in [4.78, 5) is 8.93. The number of sulfonamides is 1. The molecule has 7 heteroatoms. The molecule has 134 valence electrons. The van der Waals surface area contributed by atoms with E-state index in [-0.39, 0.29) is 10.9 Å². The Morgan fingerprint density at radius 1 is 0.960 bits per heavy atom. The van der Waals surface area contributed by atoms with Gasteiger partial charge in [0.2, 0.25) is 16.0 Å². The van der Waals surface area contributed by atoms with Crippen LogP contribution in [0.1, 0.15) is 43.5 Å². The van der Waals surface area contributed by atoms with Crippen LogP contribution in [-0.4, -0.2) is 24.4 Å². The summed E-state index contributed by atoms with van der Waals surface area (Å²) in [7, 11) is -3.47. The lowest BCUT2D eigenvalue weighted by Gasteiger charge is -2.22. The molecule has 1 saturated carbocycles. The molecule has 25 heavy (non-hydrogen) atoms. The number of nitrogens with zero attached hydrogens (tertiary/aromatic N) is 2. The van der Waals surface area contributed by atoms with Gasteiger partial charge in [0.1, 0.15) is 0 Å². The fourth-order valence-corrected chi connectivity index (χ4v) is 4.44. The highest BCUT2D eigenvalue weighted by molar-refractivity contribution is 7.89. The molecule has 1 fully saturated rings. The van der Waals surface area contributed by atoms with Gasteiger partial charge in [0, 0.05) is 23.1 Å². The smallest absolute Gasteiger partial charge is 0.240 e. The van der Waals surface area contributed by atoms with Crippen molar-refractivity contribution >= 4 is 21.7 Å². The molecule has 0 saturated heterocycles. The highest BCUT2D eigenvalue weighted by Crippen LogP contribution is 2.21. The van der Waals surface area contributed by atoms with Crippen LogP contribution in [0.5, 0.6) is 0 Å². The highest BCUT2D eigenvalue weighted by Gasteiger charge is 2.21. The number of rotatable bonds is 5. The summed E-state index contributed by atoms with van der Waals surface area (Å²) < 4.78 is 27.8. The largest absolute Gasteiger partial charge is 0.324 e. The van der Waals surface area contributed by atoms with Crippen molar-refractivity contribution in [1.82, 2.24) is 14.7 Å². The Labute approximate surface area is 149 Å². The second-order valence-electron chi connectivity index (χ2n) is 6.58. The Balaban J connectivity index is 1.70. The minimum atomic E-state index is -3.47. The Bertz CT molecular complexity index is 808. The van der Waals surface area contributed by atoms with Crippen LogP contribution < -0.4 is 10.0 Å². The van der Waals surface area contributed by atoms with Gasteiger partial charge < -0.3 is 5.32 Å². The molecule has 0 radical (unpaired) electrons. The van der Waals surface area contributed by atoms with Gasteiger partial charge in [0.05, 0.1) is 4.90 Å². The summed E-state index contributed by atoms with van der Waals surface area (Å²) in [5.41, 5.74) is 2.51. The Morgan fingerprint density at radius 2 is 1.56 bits per heavy atom. The van der Waals surface area contributed by atoms with Crippen molar-refractivity contribution in [3.05, 3.63) is 41.7 Å². The molecule has 6 nitrogen and oxygen atoms in total. The quantitative estimate of drug-likeness (QED) is 0.853. The fourth-order valence-electron chi connectivity index (χ4n) is 3.14. The van der Waals surface area contributed by atoms with E-state index in [0.717, 1.165) is 42.8 Å². The molecule has 0 bridgehead atoms. The second kappa shape index (κ2) is 7.49. The first kappa shape index (κ1) is 17.8. The number of nitrogens with one attached hydrogen (secondary N) is 2. The van der Waals surface area contributed by atoms with Crippen molar-refractivity contribution in [3.63, 3.8) is 0 Å². The molecule has 0 aliphatic heterocycles. The predicted molar refractivity (Wildman–Crippen MR) is 98.4 cm³/mol. The molecule has 1 aliphatic rings. The number of hydrogen-bond donors (Lipinski definition) is 2. The lowest BCUT2D eigenvalue weighted by Crippen LogP contribution is -2.36. The average Bonchev–Trinajstić information content (AvgIpc) is 2.55. The van der Waals surface area contributed by atoms with E-state index in [1.165, 1.54) is 6.42 Å². The first-order chi connectivity index (χ1) is 11.9. The minimum Gasteiger partial charge on any atom is -0.324 e. The molecule has 1 aromatic heterocycles. The zero-order valence-electron chi connectivity index (χ0n) is 14.6. The lowest BCUT2D eigenvalue weighted by atomic mass is 9.96. The van der Waals surface area contributed by atoms with E-state index in [0.29, 0.717) is 5.95 Å². The summed E-state index contributed by atoms with van der Waals surface area (Å²) in [5, 5.41) is 3.11. The molecule has 0 atom stereocenters. The lowest BCUT2D eigenvalue weighted by molar-refractivity contribution is 0.412. The van der Waals surface area contributed by atoms with E-state index in [2.05, 4.69) is 20.0 Å². The van der Waals surface area contributed by atoms with E-state index < -0.39 is 10.0 Å². The summed E-state index contributed by atoms with van der Waals surface area (Å²) in [6, 6.07) is 8.64. The zero-order chi connectivity index (χ0) is 17.9. The van der Waals surface area contributed by atoms with Crippen LogP contribution in [0.15, 0.2) is 35.2 Å². The van der Waals surface area contributed by atoms with Crippen molar-refractivity contribution in [2.75, 3.05) is 5.32 Å². The number of aromatic nitrogens is 2. The minimum absolute atomic E-state index is 0.0558. The van der Waals surface area contributed by atoms with E-state index in [9.17, 15) is 8.42 Å². The highest BCUT2D eigenvalue weighted by atomic mass is 32.2. The van der Waals surface area contributed by atoms with E-state index >= 15 is 0 Å². The van der Waals surface area contributed by atoms with Crippen molar-refractivity contribution in [3.8, 4) is 0 Å². The van der Waals surface area contributed by atoms with Crippen LogP contribution in [0, 0.1) is 13.8 Å². The van der Waals surface area contributed by atoms with E-state index in [4.69, 9.17) is 0 Å². The normalized spacial score (nSPS) is 15.9. The maximum atomic E-state index is 12.5. The maximum Gasteiger partial charge on any atom is 0.240 e. The van der Waals surface area contributed by atoms with Crippen LogP contribution in [0.25, 0.3) is 0 Å². The molecule has 0 amide bonds. The summed E-state index contributed by atoms with van der Waals surface area (Å²) in [6.07, 6.45) is 5.21. The molecule has 2 aromatic rings. The molecule has 1 aliphatic carbocycles. The monoisotopic (exact) mass is 360 g/mol. The number of aryl methyl sites for hydroxylation is 2. The Kier molecular flexibility index (Phi) is 5.34. The summed E-state index contributed by atoms with van der Waals surface area (Å²) in [5.74, 6) is 0.508. The van der Waals surface area contributed by atoms with Crippen molar-refractivity contribution in [2.45, 2.75) is 56.9 Å². The molecule has 2 N–H and O–H groups in total. The second-order valence-corrected chi connectivity index (χ2v) is 8.29. The third-order valence-corrected chi connectivity index (χ3v) is 5.87. The SMILES string of the molecule is Cc1cc(C)nc(Nc2ccc(S(=O)(=O)NC3CCCCC3)cc2)n1. The first-order valence-corrected chi connectivity index (χ1v) is 10.1. The molecule has 0 unspecified atom stereocenters. The van der Waals surface area contributed by atoms with Gasteiger partial charge in [-0.1, -0.05) is 19.3 Å². The Hall–Kier alpha value is -1.99. The van der Waals surface area contributed by atoms with Crippen LogP contribution >= 0.6 is 0 Å². The summed E-state index contributed by atoms with van der Waals surface area (Å²) >= 11 is 0. The van der Waals surface area contributed by atoms with E-state index in [1.807, 2.05) is 19.9 Å². The third kappa shape index (κ3) is 4.76. The van der Waals surface area contributed by atoms with Crippen LogP contribution in [-0.2, 0) is 10.0 Å². The van der Waals surface area contributed by atoms with Gasteiger partial charge in [0.25, 0.3) is 0 Å². The first-order valence-electron chi connectivity index (χ1n) is 8.64. The van der Waals surface area contributed by atoms with E-state index in [1.54, 1.807) is 24.3 Å². The number of hydrogen-bond acceptors (Lipinski definition) is 5. The van der Waals surface area contributed by atoms with Crippen molar-refractivity contribution < 1.29 is 8.42 Å². The zero-order valence-corrected chi connectivity index (χ0v) is 15.4. The number of benzene rings is 1. The molecular weight excluding hydrogens is 336 g/mol. The van der Waals surface area contributed by atoms with Crippen LogP contribution in [0.2, 0.25) is 0 Å². The fraction of sp³-hybridized carbons (Fsp3) is 0.444. The predicted octanol–water partition coefficient (Wildman–Crippen LogP) is 3.45. The van der Waals surface area contributed by atoms with Crippen molar-refractivity contribution in [2.24, 2.45) is 0 Å². The molecule has 1 aromatic carbocycles. The van der Waals surface area contributed by atoms with Gasteiger partial charge in [-0.3, -0.25) is 0 Å². The maximum absolute atomic E-state index is 12.5. The van der Waals surface area contributed by atoms with Gasteiger partial charge in [-0.15, -0.1) is 0 Å². The third-order valence-electron chi connectivity index (χ3n) is 4.33. The molecule has 0 spiro atoms. The number of anilines is 2. The standard InChI is InChI=1S/C18H24N4O2S/c1-13-12-14(2)20-18(19-13)21-15-8-10-17(11-9-15)25(23,24)22-16-6-4-3-5-7-16/h8-12,16,22H,3-7H2,1-2H3,(H,19,20,21). The van der Waals surface area contributed by atoms with Gasteiger partial charge in [-0.2, -0.15) is 0 Å². The van der Waals surface area contributed by atoms with Crippen LogP contribution in [0.4, 0.5) is 11.6 Å². The van der Waals surface area contributed by atoms with Gasteiger partial charge >= 0.3 is 0 Å². The van der Waals surface area contributed by atoms with Gasteiger partial charge in [-0.25, -0.2) is 23.1 Å². The topological polar surface area (TPSA) is 84.0 Å². The van der Waals surface area contributed by atoms with Crippen molar-refractivity contribution in [1.29, 1.82) is 0 Å². The summed E-state index contributed by atoms with van der Waals surface area (Å²) in [6.45, 7) is 3.82. The Morgan fingerprint density at radius 3 is 2.16 bits per heavy atom. The molecular formula is C18H24N4O2S. The molecule has 1 heterocycles. The van der Waals surface area contributed by atoms with Gasteiger partial charge in [-0.05, 0) is 57.0 Å². The molecule has 3 rings (SSSR count).